The third-order valence-corrected chi connectivity index (χ3v) is 2.47. The van der Waals surface area contributed by atoms with Crippen molar-refractivity contribution >= 4 is 5.69 Å². The molecular weight excluding hydrogens is 214 g/mol. The molecule has 0 saturated heterocycles. The molecule has 0 aliphatic carbocycles. The van der Waals surface area contributed by atoms with Gasteiger partial charge in [0, 0.05) is 5.69 Å². The van der Waals surface area contributed by atoms with Crippen molar-refractivity contribution in [3.63, 3.8) is 0 Å². The summed E-state index contributed by atoms with van der Waals surface area (Å²) in [7, 11) is 0. The van der Waals surface area contributed by atoms with E-state index in [0.29, 0.717) is 5.69 Å². The Morgan fingerprint density at radius 2 is 1.65 bits per heavy atom. The normalized spacial score (nSPS) is 12.1. The number of rotatable bonds is 4. The molecule has 1 unspecified atom stereocenters. The predicted molar refractivity (Wildman–Crippen MR) is 67.8 cm³/mol. The number of hydrogen-bond acceptors (Lipinski definition) is 3. The Morgan fingerprint density at radius 1 is 1.00 bits per heavy atom. The van der Waals surface area contributed by atoms with E-state index in [1.807, 2.05) is 30.3 Å². The first-order valence-electron chi connectivity index (χ1n) is 5.47. The highest BCUT2D eigenvalue weighted by Gasteiger charge is 2.07. The number of aliphatic hydroxyl groups is 1. The maximum atomic E-state index is 9.91. The third-order valence-electron chi connectivity index (χ3n) is 2.47. The SMILES string of the molecule is Nc1ccc(C(O)COc2ccccc2)cc1. The summed E-state index contributed by atoms with van der Waals surface area (Å²) in [6.07, 6.45) is -0.643. The van der Waals surface area contributed by atoms with E-state index in [0.717, 1.165) is 11.3 Å². The molecule has 0 spiro atoms. The average molecular weight is 229 g/mol. The van der Waals surface area contributed by atoms with Crippen LogP contribution in [0.5, 0.6) is 5.75 Å². The van der Waals surface area contributed by atoms with Gasteiger partial charge in [0.1, 0.15) is 18.5 Å². The van der Waals surface area contributed by atoms with Crippen LogP contribution in [-0.4, -0.2) is 11.7 Å². The Hall–Kier alpha value is -2.00. The highest BCUT2D eigenvalue weighted by molar-refractivity contribution is 5.39. The fourth-order valence-electron chi connectivity index (χ4n) is 1.51. The number of nitrogen functional groups attached to an aromatic ring is 1. The molecule has 3 N–H and O–H groups in total. The molecular formula is C14H15NO2. The first-order valence-corrected chi connectivity index (χ1v) is 5.47. The van der Waals surface area contributed by atoms with Gasteiger partial charge in [-0.15, -0.1) is 0 Å². The molecule has 0 aliphatic heterocycles. The molecule has 0 fully saturated rings. The van der Waals surface area contributed by atoms with Gasteiger partial charge in [0.15, 0.2) is 0 Å². The second-order valence-corrected chi connectivity index (χ2v) is 3.81. The maximum Gasteiger partial charge on any atom is 0.119 e. The van der Waals surface area contributed by atoms with Gasteiger partial charge in [-0.1, -0.05) is 30.3 Å². The lowest BCUT2D eigenvalue weighted by Gasteiger charge is -2.12. The summed E-state index contributed by atoms with van der Waals surface area (Å²) in [6.45, 7) is 0.230. The summed E-state index contributed by atoms with van der Waals surface area (Å²) in [6, 6.07) is 16.6. The summed E-state index contributed by atoms with van der Waals surface area (Å²) in [5.41, 5.74) is 7.07. The van der Waals surface area contributed by atoms with E-state index >= 15 is 0 Å². The van der Waals surface area contributed by atoms with Gasteiger partial charge in [-0.25, -0.2) is 0 Å². The molecule has 2 aromatic rings. The number of para-hydroxylation sites is 1. The van der Waals surface area contributed by atoms with Crippen LogP contribution in [0.1, 0.15) is 11.7 Å². The van der Waals surface area contributed by atoms with E-state index in [1.54, 1.807) is 24.3 Å². The molecule has 0 heterocycles. The van der Waals surface area contributed by atoms with Crippen LogP contribution in [-0.2, 0) is 0 Å². The summed E-state index contributed by atoms with van der Waals surface area (Å²) >= 11 is 0. The topological polar surface area (TPSA) is 55.5 Å². The van der Waals surface area contributed by atoms with Gasteiger partial charge in [0.05, 0.1) is 0 Å². The molecule has 0 aliphatic rings. The molecule has 17 heavy (non-hydrogen) atoms. The van der Waals surface area contributed by atoms with Crippen LogP contribution in [0.25, 0.3) is 0 Å². The molecule has 1 atom stereocenters. The molecule has 3 heteroatoms. The van der Waals surface area contributed by atoms with Gasteiger partial charge in [0.25, 0.3) is 0 Å². The van der Waals surface area contributed by atoms with Crippen LogP contribution < -0.4 is 10.5 Å². The lowest BCUT2D eigenvalue weighted by Crippen LogP contribution is -2.09. The molecule has 2 rings (SSSR count). The number of anilines is 1. The fraction of sp³-hybridized carbons (Fsp3) is 0.143. The van der Waals surface area contributed by atoms with Gasteiger partial charge in [-0.2, -0.15) is 0 Å². The van der Waals surface area contributed by atoms with Crippen LogP contribution in [0, 0.1) is 0 Å². The predicted octanol–water partition coefficient (Wildman–Crippen LogP) is 2.38. The molecule has 0 saturated carbocycles. The van der Waals surface area contributed by atoms with Crippen LogP contribution >= 0.6 is 0 Å². The van der Waals surface area contributed by atoms with Crippen LogP contribution in [0.4, 0.5) is 5.69 Å². The molecule has 0 bridgehead atoms. The standard InChI is InChI=1S/C14H15NO2/c15-12-8-6-11(7-9-12)14(16)10-17-13-4-2-1-3-5-13/h1-9,14,16H,10,15H2. The molecule has 0 radical (unpaired) electrons. The van der Waals surface area contributed by atoms with E-state index < -0.39 is 6.10 Å². The zero-order chi connectivity index (χ0) is 12.1. The number of hydrogen-bond donors (Lipinski definition) is 2. The van der Waals surface area contributed by atoms with E-state index in [9.17, 15) is 5.11 Å². The lowest BCUT2D eigenvalue weighted by atomic mass is 10.1. The molecule has 88 valence electrons. The minimum absolute atomic E-state index is 0.230. The van der Waals surface area contributed by atoms with Crippen molar-refractivity contribution in [1.29, 1.82) is 0 Å². The van der Waals surface area contributed by atoms with Gasteiger partial charge in [-0.3, -0.25) is 0 Å². The largest absolute Gasteiger partial charge is 0.491 e. The van der Waals surface area contributed by atoms with E-state index in [4.69, 9.17) is 10.5 Å². The Bertz CT molecular complexity index is 453. The summed E-state index contributed by atoms with van der Waals surface area (Å²) < 4.78 is 5.47. The first-order chi connectivity index (χ1) is 8.25. The van der Waals surface area contributed by atoms with E-state index in [1.165, 1.54) is 0 Å². The number of nitrogens with two attached hydrogens (primary N) is 1. The van der Waals surface area contributed by atoms with E-state index in [-0.39, 0.29) is 6.61 Å². The highest BCUT2D eigenvalue weighted by atomic mass is 16.5. The molecule has 3 nitrogen and oxygen atoms in total. The minimum atomic E-state index is -0.643. The third kappa shape index (κ3) is 3.23. The smallest absolute Gasteiger partial charge is 0.119 e. The zero-order valence-corrected chi connectivity index (χ0v) is 9.41. The second kappa shape index (κ2) is 5.37. The summed E-state index contributed by atoms with van der Waals surface area (Å²) in [5.74, 6) is 0.752. The van der Waals surface area contributed by atoms with Gasteiger partial charge in [-0.05, 0) is 29.8 Å². The number of benzene rings is 2. The van der Waals surface area contributed by atoms with Crippen molar-refractivity contribution in [3.05, 3.63) is 60.2 Å². The van der Waals surface area contributed by atoms with E-state index in [2.05, 4.69) is 0 Å². The van der Waals surface area contributed by atoms with Crippen molar-refractivity contribution in [2.45, 2.75) is 6.10 Å². The number of aliphatic hydroxyl groups excluding tert-OH is 1. The Morgan fingerprint density at radius 3 is 2.29 bits per heavy atom. The van der Waals surface area contributed by atoms with Crippen molar-refractivity contribution < 1.29 is 9.84 Å². The van der Waals surface area contributed by atoms with Crippen LogP contribution in [0.3, 0.4) is 0 Å². The molecule has 0 amide bonds. The van der Waals surface area contributed by atoms with Gasteiger partial charge >= 0.3 is 0 Å². The van der Waals surface area contributed by atoms with Gasteiger partial charge in [0.2, 0.25) is 0 Å². The van der Waals surface area contributed by atoms with Gasteiger partial charge < -0.3 is 15.6 Å². The second-order valence-electron chi connectivity index (χ2n) is 3.81. The Kier molecular flexibility index (Phi) is 3.62. The monoisotopic (exact) mass is 229 g/mol. The highest BCUT2D eigenvalue weighted by Crippen LogP contribution is 2.17. The first kappa shape index (κ1) is 11.5. The average Bonchev–Trinajstić information content (AvgIpc) is 2.38. The van der Waals surface area contributed by atoms with Crippen molar-refractivity contribution in [2.24, 2.45) is 0 Å². The van der Waals surface area contributed by atoms with Crippen LogP contribution in [0.2, 0.25) is 0 Å². The summed E-state index contributed by atoms with van der Waals surface area (Å²) in [4.78, 5) is 0. The Labute approximate surface area is 100 Å². The number of ether oxygens (including phenoxy) is 1. The fourth-order valence-corrected chi connectivity index (χ4v) is 1.51. The Balaban J connectivity index is 1.93. The quantitative estimate of drug-likeness (QED) is 0.791. The van der Waals surface area contributed by atoms with Crippen LogP contribution in [0.15, 0.2) is 54.6 Å². The van der Waals surface area contributed by atoms with Crippen molar-refractivity contribution in [2.75, 3.05) is 12.3 Å². The van der Waals surface area contributed by atoms with Crippen molar-refractivity contribution in [1.82, 2.24) is 0 Å². The summed E-state index contributed by atoms with van der Waals surface area (Å²) in [5, 5.41) is 9.91. The van der Waals surface area contributed by atoms with Crippen molar-refractivity contribution in [3.8, 4) is 5.75 Å². The zero-order valence-electron chi connectivity index (χ0n) is 9.41. The lowest BCUT2D eigenvalue weighted by molar-refractivity contribution is 0.108. The maximum absolute atomic E-state index is 9.91. The minimum Gasteiger partial charge on any atom is -0.491 e. The molecule has 2 aromatic carbocycles. The molecule has 0 aromatic heterocycles.